The molecule has 0 amide bonds. The maximum Gasteiger partial charge on any atom is -0.0216 e. The lowest BCUT2D eigenvalue weighted by atomic mass is 10.1. The number of allylic oxidation sites excluding steroid dienone is 2. The summed E-state index contributed by atoms with van der Waals surface area (Å²) in [6.45, 7) is 9.05. The van der Waals surface area contributed by atoms with E-state index in [-0.39, 0.29) is 0 Å². The van der Waals surface area contributed by atoms with E-state index in [1.807, 2.05) is 0 Å². The Balaban J connectivity index is 3.81. The first-order valence-electron chi connectivity index (χ1n) is 7.36. The van der Waals surface area contributed by atoms with Gasteiger partial charge in [0, 0.05) is 0 Å². The van der Waals surface area contributed by atoms with Crippen LogP contribution in [0.5, 0.6) is 0 Å². The lowest BCUT2D eigenvalue weighted by molar-refractivity contribution is 0.611. The average Bonchev–Trinajstić information content (AvgIpc) is 2.36. The highest BCUT2D eigenvalue weighted by atomic mass is 32.4. The zero-order chi connectivity index (χ0) is 13.1. The Hall–Kier alpha value is 0.390. The van der Waals surface area contributed by atoms with Crippen LogP contribution in [-0.4, -0.2) is 12.3 Å². The molecule has 0 unspecified atom stereocenters. The van der Waals surface area contributed by atoms with E-state index in [1.54, 1.807) is 0 Å². The van der Waals surface area contributed by atoms with Gasteiger partial charge in [0.1, 0.15) is 0 Å². The molecule has 0 bridgehead atoms. The Kier molecular flexibility index (Phi) is 10.6. The smallest absolute Gasteiger partial charge is 0.0216 e. The minimum Gasteiger partial charge on any atom is -0.0929 e. The van der Waals surface area contributed by atoms with Crippen LogP contribution in [0.4, 0.5) is 0 Å². The SMILES string of the molecule is CCCCCCCC/C=C(\C)P(=S)(CC)CC. The molecule has 17 heavy (non-hydrogen) atoms. The van der Waals surface area contributed by atoms with Crippen LogP contribution in [0.2, 0.25) is 0 Å². The molecule has 0 rings (SSSR count). The highest BCUT2D eigenvalue weighted by molar-refractivity contribution is 8.16. The topological polar surface area (TPSA) is 0 Å². The molecule has 2 heteroatoms. The van der Waals surface area contributed by atoms with Crippen LogP contribution in [0.3, 0.4) is 0 Å². The van der Waals surface area contributed by atoms with Crippen LogP contribution in [0.15, 0.2) is 11.4 Å². The number of unbranched alkanes of at least 4 members (excludes halogenated alkanes) is 6. The third-order valence-electron chi connectivity index (χ3n) is 3.66. The van der Waals surface area contributed by atoms with Crippen molar-refractivity contribution in [3.8, 4) is 0 Å². The third kappa shape index (κ3) is 7.42. The first kappa shape index (κ1) is 17.4. The second kappa shape index (κ2) is 10.3. The molecule has 0 aliphatic carbocycles. The first-order valence-corrected chi connectivity index (χ1v) is 10.5. The van der Waals surface area contributed by atoms with Crippen molar-refractivity contribution in [3.05, 3.63) is 11.4 Å². The van der Waals surface area contributed by atoms with Crippen LogP contribution in [0.25, 0.3) is 0 Å². The average molecular weight is 274 g/mol. The molecule has 0 heterocycles. The molecule has 0 aromatic carbocycles. The van der Waals surface area contributed by atoms with Crippen LogP contribution in [-0.2, 0) is 11.8 Å². The summed E-state index contributed by atoms with van der Waals surface area (Å²) in [5.41, 5.74) is 0. The molecule has 0 atom stereocenters. The number of hydrogen-bond acceptors (Lipinski definition) is 1. The van der Waals surface area contributed by atoms with E-state index in [2.05, 4.69) is 33.8 Å². The summed E-state index contributed by atoms with van der Waals surface area (Å²) in [6.07, 6.45) is 14.4. The summed E-state index contributed by atoms with van der Waals surface area (Å²) < 4.78 is 0. The fraction of sp³-hybridized carbons (Fsp3) is 0.867. The van der Waals surface area contributed by atoms with Crippen molar-refractivity contribution in [2.75, 3.05) is 12.3 Å². The Morgan fingerprint density at radius 1 is 0.941 bits per heavy atom. The molecule has 0 nitrogen and oxygen atoms in total. The van der Waals surface area contributed by atoms with Gasteiger partial charge in [-0.3, -0.25) is 0 Å². The van der Waals surface area contributed by atoms with E-state index in [9.17, 15) is 0 Å². The second-order valence-corrected chi connectivity index (χ2v) is 10.8. The molecule has 0 aromatic rings. The standard InChI is InChI=1S/C15H31PS/c1-5-8-9-10-11-12-13-14-15(4)16(17,6-2)7-3/h14H,5-13H2,1-4H3/b15-14+. The van der Waals surface area contributed by atoms with Gasteiger partial charge in [0.25, 0.3) is 0 Å². The van der Waals surface area contributed by atoms with E-state index in [0.717, 1.165) is 0 Å². The minimum atomic E-state index is -1.14. The van der Waals surface area contributed by atoms with Crippen molar-refractivity contribution in [1.29, 1.82) is 0 Å². The van der Waals surface area contributed by atoms with Crippen molar-refractivity contribution in [2.24, 2.45) is 0 Å². The van der Waals surface area contributed by atoms with Gasteiger partial charge in [-0.25, -0.2) is 0 Å². The maximum absolute atomic E-state index is 5.81. The summed E-state index contributed by atoms with van der Waals surface area (Å²) in [6, 6.07) is -1.14. The van der Waals surface area contributed by atoms with Gasteiger partial charge in [0.2, 0.25) is 0 Å². The molecular weight excluding hydrogens is 243 g/mol. The lowest BCUT2D eigenvalue weighted by Gasteiger charge is -2.19. The molecule has 0 saturated heterocycles. The summed E-state index contributed by atoms with van der Waals surface area (Å²) in [4.78, 5) is 0. The van der Waals surface area contributed by atoms with Crippen molar-refractivity contribution in [3.63, 3.8) is 0 Å². The Labute approximate surface area is 114 Å². The van der Waals surface area contributed by atoms with E-state index in [0.29, 0.717) is 0 Å². The molecule has 0 spiro atoms. The van der Waals surface area contributed by atoms with Crippen molar-refractivity contribution in [1.82, 2.24) is 0 Å². The highest BCUT2D eigenvalue weighted by Crippen LogP contribution is 2.53. The number of hydrogen-bond donors (Lipinski definition) is 0. The largest absolute Gasteiger partial charge is 0.0929 e. The monoisotopic (exact) mass is 274 g/mol. The van der Waals surface area contributed by atoms with Gasteiger partial charge in [-0.2, -0.15) is 0 Å². The molecular formula is C15H31PS. The zero-order valence-corrected chi connectivity index (χ0v) is 14.0. The molecule has 0 saturated carbocycles. The summed E-state index contributed by atoms with van der Waals surface area (Å²) in [5.74, 6) is 0. The molecule has 0 aromatic heterocycles. The van der Waals surface area contributed by atoms with Crippen LogP contribution in [0.1, 0.15) is 72.6 Å². The number of rotatable bonds is 10. The van der Waals surface area contributed by atoms with Gasteiger partial charge >= 0.3 is 0 Å². The maximum atomic E-state index is 5.81. The molecule has 0 fully saturated rings. The third-order valence-corrected chi connectivity index (χ3v) is 9.59. The van der Waals surface area contributed by atoms with Crippen LogP contribution < -0.4 is 0 Å². The van der Waals surface area contributed by atoms with Crippen molar-refractivity contribution < 1.29 is 0 Å². The first-order chi connectivity index (χ1) is 8.10. The van der Waals surface area contributed by atoms with Gasteiger partial charge in [-0.1, -0.05) is 70.8 Å². The summed E-state index contributed by atoms with van der Waals surface area (Å²) in [5, 5.41) is 1.53. The van der Waals surface area contributed by atoms with Gasteiger partial charge in [-0.05, 0) is 43.4 Å². The Morgan fingerprint density at radius 3 is 2.00 bits per heavy atom. The predicted octanol–water partition coefficient (Wildman–Crippen LogP) is 6.16. The van der Waals surface area contributed by atoms with Gasteiger partial charge < -0.3 is 0 Å². The second-order valence-electron chi connectivity index (χ2n) is 4.92. The molecule has 0 aliphatic rings. The summed E-state index contributed by atoms with van der Waals surface area (Å²) >= 11 is 5.81. The van der Waals surface area contributed by atoms with Gasteiger partial charge in [0.15, 0.2) is 0 Å². The van der Waals surface area contributed by atoms with E-state index >= 15 is 0 Å². The normalized spacial score (nSPS) is 13.1. The van der Waals surface area contributed by atoms with Crippen LogP contribution >= 0.6 is 6.04 Å². The van der Waals surface area contributed by atoms with Crippen molar-refractivity contribution >= 4 is 17.8 Å². The summed E-state index contributed by atoms with van der Waals surface area (Å²) in [7, 11) is 0. The zero-order valence-electron chi connectivity index (χ0n) is 12.3. The lowest BCUT2D eigenvalue weighted by Crippen LogP contribution is -1.90. The van der Waals surface area contributed by atoms with Crippen LogP contribution in [0, 0.1) is 0 Å². The quantitative estimate of drug-likeness (QED) is 0.339. The Bertz CT molecular complexity index is 248. The van der Waals surface area contributed by atoms with Gasteiger partial charge in [0.05, 0.1) is 0 Å². The highest BCUT2D eigenvalue weighted by Gasteiger charge is 2.13. The molecule has 0 aliphatic heterocycles. The minimum absolute atomic E-state index is 1.14. The van der Waals surface area contributed by atoms with Gasteiger partial charge in [-0.15, -0.1) is 0 Å². The van der Waals surface area contributed by atoms with E-state index in [1.165, 1.54) is 62.6 Å². The fourth-order valence-electron chi connectivity index (χ4n) is 2.12. The molecule has 0 radical (unpaired) electrons. The predicted molar refractivity (Wildman–Crippen MR) is 87.1 cm³/mol. The fourth-order valence-corrected chi connectivity index (χ4v) is 4.25. The van der Waals surface area contributed by atoms with Crippen molar-refractivity contribution in [2.45, 2.75) is 72.6 Å². The van der Waals surface area contributed by atoms with E-state index < -0.39 is 6.04 Å². The molecule has 102 valence electrons. The Morgan fingerprint density at radius 2 is 1.47 bits per heavy atom. The molecule has 0 N–H and O–H groups in total. The van der Waals surface area contributed by atoms with E-state index in [4.69, 9.17) is 11.8 Å².